The van der Waals surface area contributed by atoms with Crippen LogP contribution in [0.1, 0.15) is 74.6 Å². The lowest BCUT2D eigenvalue weighted by molar-refractivity contribution is -0.384. The van der Waals surface area contributed by atoms with Crippen LogP contribution in [0.4, 0.5) is 5.69 Å². The van der Waals surface area contributed by atoms with Gasteiger partial charge in [-0.25, -0.2) is 0 Å². The van der Waals surface area contributed by atoms with Crippen molar-refractivity contribution in [1.29, 1.82) is 0 Å². The highest BCUT2D eigenvalue weighted by Crippen LogP contribution is 2.35. The molecule has 0 amide bonds. The molecule has 2 saturated carbocycles. The summed E-state index contributed by atoms with van der Waals surface area (Å²) in [6, 6.07) is 5.41. The van der Waals surface area contributed by atoms with Crippen LogP contribution in [0.5, 0.6) is 0 Å². The maximum atomic E-state index is 11.5. The minimum Gasteiger partial charge on any atom is -0.351 e. The average Bonchev–Trinajstić information content (AvgIpc) is 2.70. The number of benzene rings is 1. The van der Waals surface area contributed by atoms with Crippen molar-refractivity contribution in [2.45, 2.75) is 81.2 Å². The summed E-state index contributed by atoms with van der Waals surface area (Å²) < 4.78 is 0.811. The second-order valence-electron chi connectivity index (χ2n) is 7.46. The Labute approximate surface area is 170 Å². The molecule has 2 fully saturated rings. The number of carbonyl (C=O) groups excluding carboxylic acids is 1. The summed E-state index contributed by atoms with van der Waals surface area (Å²) in [5.41, 5.74) is 0.271. The number of hydrogen-bond donors (Lipinski definition) is 0. The Bertz CT molecular complexity index is 680. The van der Waals surface area contributed by atoms with Gasteiger partial charge in [-0.15, -0.1) is 0 Å². The fraction of sp³-hybridized carbons (Fsp3) is 0.600. The van der Waals surface area contributed by atoms with Gasteiger partial charge in [0.15, 0.2) is 6.29 Å². The van der Waals surface area contributed by atoms with Crippen molar-refractivity contribution in [3.63, 3.8) is 0 Å². The SMILES string of the molecule is O=Cc1cc([N+](=O)[O-])ccc1SC(=S)N(C1CCCCC1)C1CCCCC1. The molecule has 2 aliphatic carbocycles. The summed E-state index contributed by atoms with van der Waals surface area (Å²) in [4.78, 5) is 25.1. The van der Waals surface area contributed by atoms with E-state index >= 15 is 0 Å². The Hall–Kier alpha value is -1.47. The van der Waals surface area contributed by atoms with E-state index in [9.17, 15) is 14.9 Å². The molecule has 1 aromatic carbocycles. The summed E-state index contributed by atoms with van der Waals surface area (Å²) in [6.07, 6.45) is 13.0. The number of hydrogen-bond acceptors (Lipinski definition) is 5. The number of nitro groups is 1. The number of nitrogens with zero attached hydrogens (tertiary/aromatic N) is 2. The first-order valence-electron chi connectivity index (χ1n) is 9.84. The van der Waals surface area contributed by atoms with Crippen molar-refractivity contribution >= 4 is 40.3 Å². The second kappa shape index (κ2) is 9.64. The van der Waals surface area contributed by atoms with Crippen molar-refractivity contribution in [2.24, 2.45) is 0 Å². The molecular weight excluding hydrogens is 380 g/mol. The van der Waals surface area contributed by atoms with Gasteiger partial charge in [0.05, 0.1) is 4.92 Å². The Morgan fingerprint density at radius 1 is 1.07 bits per heavy atom. The first-order valence-corrected chi connectivity index (χ1v) is 11.1. The molecule has 7 heteroatoms. The van der Waals surface area contributed by atoms with E-state index in [0.29, 0.717) is 28.8 Å². The minimum absolute atomic E-state index is 0.0659. The Morgan fingerprint density at radius 2 is 1.63 bits per heavy atom. The third-order valence-corrected chi connectivity index (χ3v) is 7.11. The van der Waals surface area contributed by atoms with E-state index in [-0.39, 0.29) is 5.69 Å². The fourth-order valence-electron chi connectivity index (χ4n) is 4.30. The first kappa shape index (κ1) is 20.3. The van der Waals surface area contributed by atoms with E-state index in [1.165, 1.54) is 88.1 Å². The number of nitro benzene ring substituents is 1. The smallest absolute Gasteiger partial charge is 0.270 e. The highest BCUT2D eigenvalue weighted by atomic mass is 32.2. The molecule has 1 aromatic rings. The highest BCUT2D eigenvalue weighted by molar-refractivity contribution is 8.23. The normalized spacial score (nSPS) is 18.8. The molecule has 0 unspecified atom stereocenters. The van der Waals surface area contributed by atoms with Gasteiger partial charge in [-0.3, -0.25) is 14.9 Å². The molecule has 0 atom stereocenters. The zero-order valence-corrected chi connectivity index (χ0v) is 17.1. The molecule has 0 saturated heterocycles. The van der Waals surface area contributed by atoms with E-state index in [1.807, 2.05) is 0 Å². The number of aldehydes is 1. The van der Waals surface area contributed by atoms with Crippen LogP contribution in [-0.2, 0) is 0 Å². The molecular formula is C20H26N2O3S2. The van der Waals surface area contributed by atoms with E-state index in [1.54, 1.807) is 6.07 Å². The number of rotatable bonds is 5. The number of thioether (sulfide) groups is 1. The highest BCUT2D eigenvalue weighted by Gasteiger charge is 2.31. The van der Waals surface area contributed by atoms with E-state index in [0.717, 1.165) is 4.32 Å². The molecule has 0 bridgehead atoms. The maximum absolute atomic E-state index is 11.5. The summed E-state index contributed by atoms with van der Waals surface area (Å²) >= 11 is 7.26. The van der Waals surface area contributed by atoms with Gasteiger partial charge in [0.2, 0.25) is 0 Å². The summed E-state index contributed by atoms with van der Waals surface area (Å²) in [5, 5.41) is 11.0. The van der Waals surface area contributed by atoms with Crippen LogP contribution in [0.3, 0.4) is 0 Å². The molecule has 0 spiro atoms. The Morgan fingerprint density at radius 3 is 2.11 bits per heavy atom. The standard InChI is InChI=1S/C20H26N2O3S2/c23-14-15-13-18(22(24)25)11-12-19(15)27-20(26)21(16-7-3-1-4-8-16)17-9-5-2-6-10-17/h11-14,16-17H,1-10H2. The fourth-order valence-corrected chi connectivity index (χ4v) is 5.82. The number of thiocarbonyl (C=S) groups is 1. The van der Waals surface area contributed by atoms with Crippen molar-refractivity contribution in [1.82, 2.24) is 4.90 Å². The number of carbonyl (C=O) groups is 1. The van der Waals surface area contributed by atoms with Crippen LogP contribution < -0.4 is 0 Å². The summed E-state index contributed by atoms with van der Waals surface area (Å²) in [7, 11) is 0. The number of non-ortho nitro benzene ring substituents is 1. The third-order valence-electron chi connectivity index (χ3n) is 5.68. The Kier molecular flexibility index (Phi) is 7.24. The van der Waals surface area contributed by atoms with Gasteiger partial charge in [0.25, 0.3) is 5.69 Å². The lowest BCUT2D eigenvalue weighted by Gasteiger charge is -2.43. The zero-order chi connectivity index (χ0) is 19.2. The zero-order valence-electron chi connectivity index (χ0n) is 15.5. The molecule has 0 radical (unpaired) electrons. The van der Waals surface area contributed by atoms with Gasteiger partial charge < -0.3 is 4.90 Å². The van der Waals surface area contributed by atoms with Crippen LogP contribution in [0.15, 0.2) is 23.1 Å². The van der Waals surface area contributed by atoms with Gasteiger partial charge in [0.1, 0.15) is 4.32 Å². The van der Waals surface area contributed by atoms with E-state index in [2.05, 4.69) is 4.90 Å². The van der Waals surface area contributed by atoms with Gasteiger partial charge in [0, 0.05) is 34.7 Å². The molecule has 146 valence electrons. The lowest BCUT2D eigenvalue weighted by Crippen LogP contribution is -2.47. The monoisotopic (exact) mass is 406 g/mol. The molecule has 0 aromatic heterocycles. The van der Waals surface area contributed by atoms with E-state index < -0.39 is 4.92 Å². The van der Waals surface area contributed by atoms with Crippen molar-refractivity contribution in [2.75, 3.05) is 0 Å². The van der Waals surface area contributed by atoms with Gasteiger partial charge in [-0.1, -0.05) is 62.5 Å². The van der Waals surface area contributed by atoms with Gasteiger partial charge in [-0.05, 0) is 31.7 Å². The van der Waals surface area contributed by atoms with Crippen molar-refractivity contribution in [3.05, 3.63) is 33.9 Å². The largest absolute Gasteiger partial charge is 0.351 e. The van der Waals surface area contributed by atoms with Crippen LogP contribution >= 0.6 is 24.0 Å². The maximum Gasteiger partial charge on any atom is 0.270 e. The quantitative estimate of drug-likeness (QED) is 0.204. The molecule has 0 aliphatic heterocycles. The van der Waals surface area contributed by atoms with Crippen LogP contribution in [0, 0.1) is 10.1 Å². The average molecular weight is 407 g/mol. The topological polar surface area (TPSA) is 63.4 Å². The predicted octanol–water partition coefficient (Wildman–Crippen LogP) is 5.75. The molecule has 3 rings (SSSR count). The second-order valence-corrected chi connectivity index (χ2v) is 9.13. The predicted molar refractivity (Wildman–Crippen MR) is 113 cm³/mol. The van der Waals surface area contributed by atoms with E-state index in [4.69, 9.17) is 12.2 Å². The van der Waals surface area contributed by atoms with Crippen LogP contribution in [0.2, 0.25) is 0 Å². The lowest BCUT2D eigenvalue weighted by atomic mass is 9.89. The van der Waals surface area contributed by atoms with Crippen LogP contribution in [-0.4, -0.2) is 32.5 Å². The summed E-state index contributed by atoms with van der Waals surface area (Å²) in [5.74, 6) is 0. The molecule has 27 heavy (non-hydrogen) atoms. The van der Waals surface area contributed by atoms with Crippen LogP contribution in [0.25, 0.3) is 0 Å². The summed E-state index contributed by atoms with van der Waals surface area (Å²) in [6.45, 7) is 0. The minimum atomic E-state index is -0.476. The molecule has 0 N–H and O–H groups in total. The molecule has 2 aliphatic rings. The first-order chi connectivity index (χ1) is 13.1. The van der Waals surface area contributed by atoms with Gasteiger partial charge >= 0.3 is 0 Å². The van der Waals surface area contributed by atoms with Crippen molar-refractivity contribution in [3.8, 4) is 0 Å². The molecule has 5 nitrogen and oxygen atoms in total. The van der Waals surface area contributed by atoms with Crippen molar-refractivity contribution < 1.29 is 9.72 Å². The molecule has 0 heterocycles. The Balaban J connectivity index is 1.81. The third kappa shape index (κ3) is 5.08. The van der Waals surface area contributed by atoms with Gasteiger partial charge in [-0.2, -0.15) is 0 Å².